The molecule has 0 fully saturated rings. The molecule has 54 heavy (non-hydrogen) atoms. The van der Waals surface area contributed by atoms with Gasteiger partial charge in [-0.2, -0.15) is 0 Å². The van der Waals surface area contributed by atoms with Crippen LogP contribution in [0.15, 0.2) is 191 Å². The average molecular weight is 706 g/mol. The number of rotatable bonds is 10. The predicted octanol–water partition coefficient (Wildman–Crippen LogP) is 13.4. The van der Waals surface area contributed by atoms with Crippen LogP contribution >= 0.6 is 0 Å². The van der Waals surface area contributed by atoms with Crippen molar-refractivity contribution >= 4 is 24.0 Å². The van der Waals surface area contributed by atoms with Crippen LogP contribution < -0.4 is 0 Å². The van der Waals surface area contributed by atoms with Gasteiger partial charge in [0.05, 0.1) is 6.54 Å². The first kappa shape index (κ1) is 39.0. The van der Waals surface area contributed by atoms with E-state index in [0.29, 0.717) is 18.2 Å². The topological polar surface area (TPSA) is 37.1 Å². The van der Waals surface area contributed by atoms with E-state index in [1.54, 1.807) is 0 Å². The minimum atomic E-state index is -0.169. The van der Waals surface area contributed by atoms with Crippen molar-refractivity contribution in [1.29, 1.82) is 0 Å². The third-order valence-electron chi connectivity index (χ3n) is 9.55. The quantitative estimate of drug-likeness (QED) is 0.0773. The number of nitrogens with zero attached hydrogens (tertiary/aromatic N) is 3. The van der Waals surface area contributed by atoms with Crippen molar-refractivity contribution in [3.05, 3.63) is 209 Å². The first-order valence-corrected chi connectivity index (χ1v) is 18.8. The summed E-state index contributed by atoms with van der Waals surface area (Å²) in [7, 11) is 0. The zero-order chi connectivity index (χ0) is 38.3. The van der Waals surface area contributed by atoms with Crippen LogP contribution in [0.2, 0.25) is 0 Å². The van der Waals surface area contributed by atoms with E-state index in [2.05, 4.69) is 148 Å². The van der Waals surface area contributed by atoms with Crippen LogP contribution in [0.25, 0.3) is 27.8 Å². The standard InChI is InChI=1S/C49H45N3.C2H6/c1-6-14-37(7-2)39-21-23-41(24-22-39)42-29-33-46(34-30-42)49(3,4)45-31-19-36(20-32-45)35-51-48(43-17-12-9-13-18-43)52-47(50-5)44-27-25-40(26-28-44)38-15-10-8-11-16-38;1-2/h6-34H,5,35H2,1-4H3;1-2H3/b14-6-,37-7+,51-48?,52-47?;. The van der Waals surface area contributed by atoms with Gasteiger partial charge in [0.2, 0.25) is 0 Å². The summed E-state index contributed by atoms with van der Waals surface area (Å²) in [5, 5.41) is 0. The molecular weight excluding hydrogens is 655 g/mol. The fourth-order valence-electron chi connectivity index (χ4n) is 6.35. The Balaban J connectivity index is 0.00000276. The molecule has 0 N–H and O–H groups in total. The fraction of sp³-hybridized carbons (Fsp3) is 0.157. The Morgan fingerprint density at radius 3 is 1.48 bits per heavy atom. The molecule has 0 aromatic heterocycles. The number of benzene rings is 6. The molecule has 6 rings (SSSR count). The summed E-state index contributed by atoms with van der Waals surface area (Å²) in [6.45, 7) is 17.0. The van der Waals surface area contributed by atoms with Crippen molar-refractivity contribution in [1.82, 2.24) is 0 Å². The average Bonchev–Trinajstić information content (AvgIpc) is 3.24. The van der Waals surface area contributed by atoms with Gasteiger partial charge >= 0.3 is 0 Å². The lowest BCUT2D eigenvalue weighted by Gasteiger charge is -2.26. The molecule has 0 bridgehead atoms. The Kier molecular flexibility index (Phi) is 13.8. The Morgan fingerprint density at radius 1 is 0.537 bits per heavy atom. The molecule has 0 saturated heterocycles. The Morgan fingerprint density at radius 2 is 0.981 bits per heavy atom. The molecule has 270 valence electrons. The summed E-state index contributed by atoms with van der Waals surface area (Å²) >= 11 is 0. The zero-order valence-corrected chi connectivity index (χ0v) is 32.5. The van der Waals surface area contributed by atoms with Gasteiger partial charge in [-0.15, -0.1) is 0 Å². The van der Waals surface area contributed by atoms with E-state index >= 15 is 0 Å². The van der Waals surface area contributed by atoms with E-state index in [9.17, 15) is 0 Å². The number of hydrogen-bond donors (Lipinski definition) is 0. The molecule has 0 aliphatic heterocycles. The summed E-state index contributed by atoms with van der Waals surface area (Å²) in [5.74, 6) is 1.16. The number of amidine groups is 2. The van der Waals surface area contributed by atoms with Crippen molar-refractivity contribution in [2.75, 3.05) is 0 Å². The van der Waals surface area contributed by atoms with Gasteiger partial charge in [-0.05, 0) is 70.6 Å². The van der Waals surface area contributed by atoms with Crippen LogP contribution in [-0.4, -0.2) is 18.4 Å². The van der Waals surface area contributed by atoms with Gasteiger partial charge in [0.15, 0.2) is 11.7 Å². The summed E-state index contributed by atoms with van der Waals surface area (Å²) in [6, 6.07) is 55.2. The lowest BCUT2D eigenvalue weighted by atomic mass is 9.77. The van der Waals surface area contributed by atoms with Crippen LogP contribution in [0.4, 0.5) is 0 Å². The lowest BCUT2D eigenvalue weighted by molar-refractivity contribution is 0.640. The highest BCUT2D eigenvalue weighted by Crippen LogP contribution is 2.33. The van der Waals surface area contributed by atoms with E-state index in [1.807, 2.05) is 81.4 Å². The molecule has 0 aliphatic carbocycles. The van der Waals surface area contributed by atoms with Crippen molar-refractivity contribution in [3.8, 4) is 22.3 Å². The summed E-state index contributed by atoms with van der Waals surface area (Å²) in [6.07, 6.45) is 6.37. The molecular formula is C51H51N3. The highest BCUT2D eigenvalue weighted by atomic mass is 15.0. The van der Waals surface area contributed by atoms with Crippen LogP contribution in [-0.2, 0) is 12.0 Å². The minimum Gasteiger partial charge on any atom is -0.261 e. The number of hydrogen-bond acceptors (Lipinski definition) is 1. The maximum absolute atomic E-state index is 5.00. The third kappa shape index (κ3) is 9.61. The predicted molar refractivity (Wildman–Crippen MR) is 235 cm³/mol. The number of aliphatic imine (C=N–C) groups is 3. The van der Waals surface area contributed by atoms with Crippen LogP contribution in [0.1, 0.15) is 74.9 Å². The first-order chi connectivity index (χ1) is 26.4. The Bertz CT molecular complexity index is 2200. The molecule has 0 amide bonds. The van der Waals surface area contributed by atoms with Gasteiger partial charge in [-0.25, -0.2) is 9.98 Å². The van der Waals surface area contributed by atoms with Crippen molar-refractivity contribution < 1.29 is 0 Å². The van der Waals surface area contributed by atoms with Crippen molar-refractivity contribution in [2.24, 2.45) is 15.0 Å². The van der Waals surface area contributed by atoms with Crippen molar-refractivity contribution in [2.45, 2.75) is 53.5 Å². The second-order valence-electron chi connectivity index (χ2n) is 13.3. The molecule has 6 aromatic carbocycles. The molecule has 0 heterocycles. The zero-order valence-electron chi connectivity index (χ0n) is 32.5. The normalized spacial score (nSPS) is 12.3. The SMILES string of the molecule is C=NC(=NC(=NCc1ccc(C(C)(C)c2ccc(-c3ccc(C(/C=C\C)=C/C)cc3)cc2)cc1)c1ccccc1)c1ccc(-c2ccccc2)cc1.CC. The smallest absolute Gasteiger partial charge is 0.161 e. The maximum atomic E-state index is 5.00. The second-order valence-corrected chi connectivity index (χ2v) is 13.3. The van der Waals surface area contributed by atoms with E-state index in [-0.39, 0.29) is 5.41 Å². The van der Waals surface area contributed by atoms with Gasteiger partial charge in [-0.3, -0.25) is 4.99 Å². The van der Waals surface area contributed by atoms with Crippen LogP contribution in [0.5, 0.6) is 0 Å². The second kappa shape index (κ2) is 19.0. The van der Waals surface area contributed by atoms with E-state index in [4.69, 9.17) is 9.98 Å². The van der Waals surface area contributed by atoms with Gasteiger partial charge in [0, 0.05) is 16.5 Å². The van der Waals surface area contributed by atoms with Gasteiger partial charge in [-0.1, -0.05) is 204 Å². The van der Waals surface area contributed by atoms with Gasteiger partial charge < -0.3 is 0 Å². The summed E-state index contributed by atoms with van der Waals surface area (Å²) in [4.78, 5) is 14.2. The molecule has 0 saturated carbocycles. The molecule has 0 radical (unpaired) electrons. The highest BCUT2D eigenvalue weighted by Gasteiger charge is 2.23. The Labute approximate surface area is 323 Å². The molecule has 0 spiro atoms. The van der Waals surface area contributed by atoms with Crippen LogP contribution in [0.3, 0.4) is 0 Å². The molecule has 3 heteroatoms. The van der Waals surface area contributed by atoms with Gasteiger partial charge in [0.25, 0.3) is 0 Å². The summed E-state index contributed by atoms with van der Waals surface area (Å²) < 4.78 is 0. The molecule has 0 unspecified atom stereocenters. The fourth-order valence-corrected chi connectivity index (χ4v) is 6.35. The Hall–Kier alpha value is -6.19. The van der Waals surface area contributed by atoms with E-state index in [0.717, 1.165) is 22.3 Å². The number of allylic oxidation sites excluding steroid dienone is 4. The maximum Gasteiger partial charge on any atom is 0.161 e. The molecule has 0 aliphatic rings. The minimum absolute atomic E-state index is 0.169. The van der Waals surface area contributed by atoms with Gasteiger partial charge in [0.1, 0.15) is 0 Å². The molecule has 3 nitrogen and oxygen atoms in total. The molecule has 6 aromatic rings. The largest absolute Gasteiger partial charge is 0.261 e. The third-order valence-corrected chi connectivity index (χ3v) is 9.55. The first-order valence-electron chi connectivity index (χ1n) is 18.8. The van der Waals surface area contributed by atoms with E-state index < -0.39 is 0 Å². The van der Waals surface area contributed by atoms with E-state index in [1.165, 1.54) is 39.0 Å². The summed E-state index contributed by atoms with van der Waals surface area (Å²) in [5.41, 5.74) is 12.5. The molecule has 0 atom stereocenters. The van der Waals surface area contributed by atoms with Crippen molar-refractivity contribution in [3.63, 3.8) is 0 Å². The van der Waals surface area contributed by atoms with Crippen LogP contribution in [0, 0.1) is 0 Å². The lowest BCUT2D eigenvalue weighted by Crippen LogP contribution is -2.18. The highest BCUT2D eigenvalue weighted by molar-refractivity contribution is 6.12. The monoisotopic (exact) mass is 705 g/mol.